The summed E-state index contributed by atoms with van der Waals surface area (Å²) in [7, 11) is 0. The summed E-state index contributed by atoms with van der Waals surface area (Å²) < 4.78 is 13.5. The van der Waals surface area contributed by atoms with Gasteiger partial charge in [-0.2, -0.15) is 0 Å². The van der Waals surface area contributed by atoms with Gasteiger partial charge in [0.05, 0.1) is 23.3 Å². The predicted molar refractivity (Wildman–Crippen MR) is 117 cm³/mol. The number of amides is 1. The molecule has 5 rings (SSSR count). The number of nitrogens with one attached hydrogen (secondary N) is 2. The monoisotopic (exact) mass is 438 g/mol. The number of aliphatic hydroxyl groups excluding tert-OH is 1. The highest BCUT2D eigenvalue weighted by Gasteiger charge is 2.55. The smallest absolute Gasteiger partial charge is 0.224 e. The fourth-order valence-corrected chi connectivity index (χ4v) is 4.91. The Morgan fingerprint density at radius 2 is 2.19 bits per heavy atom. The Morgan fingerprint density at radius 1 is 1.38 bits per heavy atom. The molecule has 9 heteroatoms. The molecular weight excluding hydrogens is 411 g/mol. The van der Waals surface area contributed by atoms with E-state index in [1.165, 1.54) is 6.07 Å². The van der Waals surface area contributed by atoms with Crippen LogP contribution in [-0.2, 0) is 4.79 Å². The molecule has 2 fully saturated rings. The number of aromatic amines is 1. The molecule has 32 heavy (non-hydrogen) atoms. The third kappa shape index (κ3) is 3.60. The largest absolute Gasteiger partial charge is 0.385 e. The fourth-order valence-electron chi connectivity index (χ4n) is 4.91. The second-order valence-corrected chi connectivity index (χ2v) is 9.16. The molecule has 1 spiro atoms. The lowest BCUT2D eigenvalue weighted by Crippen LogP contribution is -2.50. The zero-order valence-corrected chi connectivity index (χ0v) is 18.2. The molecule has 1 amide bonds. The van der Waals surface area contributed by atoms with E-state index in [2.05, 4.69) is 30.2 Å². The number of halogens is 1. The van der Waals surface area contributed by atoms with E-state index in [9.17, 15) is 14.3 Å². The summed E-state index contributed by atoms with van der Waals surface area (Å²) in [4.78, 5) is 31.3. The van der Waals surface area contributed by atoms with Crippen molar-refractivity contribution in [3.8, 4) is 0 Å². The van der Waals surface area contributed by atoms with Crippen LogP contribution < -0.4 is 10.2 Å². The highest BCUT2D eigenvalue weighted by Crippen LogP contribution is 2.56. The van der Waals surface area contributed by atoms with Gasteiger partial charge in [0.1, 0.15) is 29.7 Å². The Kier molecular flexibility index (Phi) is 5.08. The van der Waals surface area contributed by atoms with Crippen molar-refractivity contribution in [1.29, 1.82) is 0 Å². The molecular formula is C23H27FN6O2. The van der Waals surface area contributed by atoms with Crippen molar-refractivity contribution in [2.45, 2.75) is 45.3 Å². The summed E-state index contributed by atoms with van der Waals surface area (Å²) in [6.07, 6.45) is 6.25. The van der Waals surface area contributed by atoms with Gasteiger partial charge in [-0.15, -0.1) is 0 Å². The van der Waals surface area contributed by atoms with Gasteiger partial charge in [0.15, 0.2) is 0 Å². The lowest BCUT2D eigenvalue weighted by Gasteiger charge is -2.39. The maximum atomic E-state index is 13.5. The molecule has 0 bridgehead atoms. The first kappa shape index (κ1) is 20.8. The summed E-state index contributed by atoms with van der Waals surface area (Å²) in [5, 5.41) is 14.6. The third-order valence-corrected chi connectivity index (χ3v) is 6.99. The Hall–Kier alpha value is -3.07. The van der Waals surface area contributed by atoms with Crippen molar-refractivity contribution in [2.75, 3.05) is 18.0 Å². The number of carbonyl (C=O) groups excluding carboxylic acids is 1. The Morgan fingerprint density at radius 3 is 2.94 bits per heavy atom. The first-order valence-corrected chi connectivity index (χ1v) is 11.0. The Balaban J connectivity index is 1.27. The molecule has 0 unspecified atom stereocenters. The van der Waals surface area contributed by atoms with Gasteiger partial charge >= 0.3 is 0 Å². The van der Waals surface area contributed by atoms with Gasteiger partial charge < -0.3 is 20.3 Å². The molecule has 168 valence electrons. The first-order chi connectivity index (χ1) is 15.4. The van der Waals surface area contributed by atoms with E-state index in [-0.39, 0.29) is 17.2 Å². The van der Waals surface area contributed by atoms with Gasteiger partial charge in [-0.1, -0.05) is 0 Å². The molecule has 1 saturated carbocycles. The molecule has 3 aromatic rings. The molecule has 8 nitrogen and oxygen atoms in total. The summed E-state index contributed by atoms with van der Waals surface area (Å²) >= 11 is 0. The number of hydrogen-bond donors (Lipinski definition) is 3. The van der Waals surface area contributed by atoms with Gasteiger partial charge in [0.2, 0.25) is 5.91 Å². The van der Waals surface area contributed by atoms with E-state index in [4.69, 9.17) is 0 Å². The van der Waals surface area contributed by atoms with Crippen LogP contribution in [0.1, 0.15) is 43.5 Å². The standard InChI is InChI=1S/C23H27FN6O2/c1-13-9-18(26-10-17(13)24)19(31)14(2)29-22(32)16-4-8-30(11-23(16)5-6-23)21-15-3-7-25-20(15)27-12-28-21/h3,7,9-10,12,14,16,19,31H,4-6,8,11H2,1-2H3,(H,29,32)(H,25,27,28)/t14-,16+,19+/m0/s1. The number of aromatic nitrogens is 4. The highest BCUT2D eigenvalue weighted by molar-refractivity contribution is 5.87. The fraction of sp³-hybridized carbons (Fsp3) is 0.478. The summed E-state index contributed by atoms with van der Waals surface area (Å²) in [6, 6.07) is 2.97. The van der Waals surface area contributed by atoms with E-state index < -0.39 is 18.0 Å². The summed E-state index contributed by atoms with van der Waals surface area (Å²) in [6.45, 7) is 4.88. The van der Waals surface area contributed by atoms with Crippen molar-refractivity contribution in [3.05, 3.63) is 47.9 Å². The topological polar surface area (TPSA) is 107 Å². The van der Waals surface area contributed by atoms with Crippen LogP contribution in [-0.4, -0.2) is 50.1 Å². The number of rotatable bonds is 5. The van der Waals surface area contributed by atoms with E-state index in [1.54, 1.807) is 20.2 Å². The molecule has 3 N–H and O–H groups in total. The van der Waals surface area contributed by atoms with Crippen molar-refractivity contribution in [2.24, 2.45) is 11.3 Å². The van der Waals surface area contributed by atoms with Crippen LogP contribution in [0.2, 0.25) is 0 Å². The van der Waals surface area contributed by atoms with Crippen LogP contribution in [0.5, 0.6) is 0 Å². The SMILES string of the molecule is Cc1cc([C@H](O)[C@H](C)NC(=O)[C@H]2CCN(c3ncnc4[nH]ccc34)CC23CC3)ncc1F. The predicted octanol–water partition coefficient (Wildman–Crippen LogP) is 2.65. The van der Waals surface area contributed by atoms with Crippen molar-refractivity contribution in [1.82, 2.24) is 25.3 Å². The maximum Gasteiger partial charge on any atom is 0.224 e. The first-order valence-electron chi connectivity index (χ1n) is 11.0. The van der Waals surface area contributed by atoms with E-state index in [1.807, 2.05) is 12.3 Å². The lowest BCUT2D eigenvalue weighted by atomic mass is 9.81. The summed E-state index contributed by atoms with van der Waals surface area (Å²) in [5.74, 6) is 0.338. The number of anilines is 1. The van der Waals surface area contributed by atoms with Crippen LogP contribution in [0.3, 0.4) is 0 Å². The van der Waals surface area contributed by atoms with Crippen LogP contribution >= 0.6 is 0 Å². The molecule has 2 aliphatic rings. The normalized spacial score (nSPS) is 21.5. The minimum atomic E-state index is -1.00. The molecule has 0 radical (unpaired) electrons. The number of nitrogens with zero attached hydrogens (tertiary/aromatic N) is 4. The minimum absolute atomic E-state index is 0.0398. The van der Waals surface area contributed by atoms with E-state index >= 15 is 0 Å². The van der Waals surface area contributed by atoms with Crippen molar-refractivity contribution < 1.29 is 14.3 Å². The van der Waals surface area contributed by atoms with Gasteiger partial charge in [0.25, 0.3) is 0 Å². The number of hydrogen-bond acceptors (Lipinski definition) is 6. The number of pyridine rings is 1. The van der Waals surface area contributed by atoms with E-state index in [0.29, 0.717) is 11.3 Å². The van der Waals surface area contributed by atoms with E-state index in [0.717, 1.165) is 55.4 Å². The van der Waals surface area contributed by atoms with Gasteiger partial charge in [-0.25, -0.2) is 14.4 Å². The average Bonchev–Trinajstić information content (AvgIpc) is 3.36. The van der Waals surface area contributed by atoms with Crippen molar-refractivity contribution in [3.63, 3.8) is 0 Å². The van der Waals surface area contributed by atoms with Crippen molar-refractivity contribution >= 4 is 22.8 Å². The molecule has 1 aliphatic heterocycles. The number of aryl methyl sites for hydroxylation is 1. The van der Waals surface area contributed by atoms with Gasteiger partial charge in [-0.3, -0.25) is 9.78 Å². The number of piperidine rings is 1. The second-order valence-electron chi connectivity index (χ2n) is 9.16. The lowest BCUT2D eigenvalue weighted by molar-refractivity contribution is -0.129. The quantitative estimate of drug-likeness (QED) is 0.565. The van der Waals surface area contributed by atoms with Crippen LogP contribution in [0.25, 0.3) is 11.0 Å². The minimum Gasteiger partial charge on any atom is -0.385 e. The Bertz CT molecular complexity index is 1160. The van der Waals surface area contributed by atoms with Gasteiger partial charge in [0, 0.05) is 25.2 Å². The average molecular weight is 439 g/mol. The molecule has 1 aliphatic carbocycles. The molecule has 1 saturated heterocycles. The van der Waals surface area contributed by atoms with Crippen LogP contribution in [0.15, 0.2) is 30.9 Å². The van der Waals surface area contributed by atoms with Gasteiger partial charge in [-0.05, 0) is 56.2 Å². The number of H-pyrrole nitrogens is 1. The van der Waals surface area contributed by atoms with Crippen LogP contribution in [0.4, 0.5) is 10.2 Å². The zero-order chi connectivity index (χ0) is 22.5. The third-order valence-electron chi connectivity index (χ3n) is 6.99. The highest BCUT2D eigenvalue weighted by atomic mass is 19.1. The number of aliphatic hydroxyl groups is 1. The zero-order valence-electron chi connectivity index (χ0n) is 18.2. The molecule has 3 aromatic heterocycles. The summed E-state index contributed by atoms with van der Waals surface area (Å²) in [5.41, 5.74) is 1.52. The second kappa shape index (κ2) is 7.81. The number of carbonyl (C=O) groups is 1. The molecule has 4 heterocycles. The number of fused-ring (bicyclic) bond motifs is 1. The maximum absolute atomic E-state index is 13.5. The Labute approximate surface area is 185 Å². The van der Waals surface area contributed by atoms with Crippen LogP contribution in [0, 0.1) is 24.1 Å². The molecule has 0 aromatic carbocycles. The molecule has 3 atom stereocenters.